The van der Waals surface area contributed by atoms with Gasteiger partial charge < -0.3 is 28.4 Å². The van der Waals surface area contributed by atoms with Gasteiger partial charge in [-0.05, 0) is 79.1 Å². The minimum Gasteiger partial charge on any atom is -0.493 e. The second-order valence-electron chi connectivity index (χ2n) is 9.13. The molecular weight excluding hydrogens is 502 g/mol. The van der Waals surface area contributed by atoms with Crippen LogP contribution in [0.1, 0.15) is 48.8 Å². The smallest absolute Gasteiger partial charge is 0.306 e. The van der Waals surface area contributed by atoms with Crippen LogP contribution in [0.15, 0.2) is 41.5 Å². The van der Waals surface area contributed by atoms with Gasteiger partial charge in [0.15, 0.2) is 11.5 Å². The second kappa shape index (κ2) is 17.2. The molecule has 0 amide bonds. The number of ether oxygens (including phenoxy) is 6. The van der Waals surface area contributed by atoms with Crippen molar-refractivity contribution in [3.63, 3.8) is 0 Å². The van der Waals surface area contributed by atoms with Crippen molar-refractivity contribution in [2.75, 3.05) is 59.4 Å². The third-order valence-electron chi connectivity index (χ3n) is 6.21. The van der Waals surface area contributed by atoms with E-state index in [-0.39, 0.29) is 18.5 Å². The van der Waals surface area contributed by atoms with Crippen LogP contribution in [0.3, 0.4) is 0 Å². The molecule has 3 rings (SSSR count). The van der Waals surface area contributed by atoms with Gasteiger partial charge in [0.1, 0.15) is 12.4 Å². The SMILES string of the molecule is CCOc1cc(C)ccc1OCCCOc1ccc2c(c1)CC[C@H]2CC(=O)OCCOCCOCCN=[N+]=[N-]. The summed E-state index contributed by atoms with van der Waals surface area (Å²) in [5, 5.41) is 3.38. The van der Waals surface area contributed by atoms with Crippen LogP contribution in [0.5, 0.6) is 17.2 Å². The summed E-state index contributed by atoms with van der Waals surface area (Å²) in [6, 6.07) is 12.1. The van der Waals surface area contributed by atoms with Crippen molar-refractivity contribution >= 4 is 5.97 Å². The van der Waals surface area contributed by atoms with E-state index in [0.717, 1.165) is 42.1 Å². The first-order valence-corrected chi connectivity index (χ1v) is 13.5. The van der Waals surface area contributed by atoms with Crippen LogP contribution >= 0.6 is 0 Å². The Labute approximate surface area is 230 Å². The summed E-state index contributed by atoms with van der Waals surface area (Å²) in [5.41, 5.74) is 11.7. The molecule has 0 aliphatic heterocycles. The standard InChI is InChI=1S/C29H39N3O7/c1-3-36-28-19-22(2)5-10-27(28)38-13-4-12-37-25-8-9-26-23(20-25)6-7-24(26)21-29(33)39-18-17-35-16-15-34-14-11-31-32-30/h5,8-10,19-20,24H,3-4,6-7,11-18,21H2,1-2H3/t24-/m0/s1. The van der Waals surface area contributed by atoms with Crippen molar-refractivity contribution in [3.05, 3.63) is 63.5 Å². The topological polar surface area (TPSA) is 121 Å². The van der Waals surface area contributed by atoms with Crippen molar-refractivity contribution in [2.24, 2.45) is 5.11 Å². The van der Waals surface area contributed by atoms with Gasteiger partial charge in [0.25, 0.3) is 0 Å². The molecule has 10 nitrogen and oxygen atoms in total. The fourth-order valence-electron chi connectivity index (χ4n) is 4.36. The van der Waals surface area contributed by atoms with E-state index in [1.165, 1.54) is 11.1 Å². The van der Waals surface area contributed by atoms with Crippen LogP contribution in [-0.2, 0) is 25.4 Å². The molecule has 0 N–H and O–H groups in total. The van der Waals surface area contributed by atoms with Gasteiger partial charge >= 0.3 is 5.97 Å². The molecule has 0 radical (unpaired) electrons. The van der Waals surface area contributed by atoms with Crippen molar-refractivity contribution in [2.45, 2.75) is 45.4 Å². The summed E-state index contributed by atoms with van der Waals surface area (Å²) < 4.78 is 33.5. The molecular formula is C29H39N3O7. The number of hydrogen-bond acceptors (Lipinski definition) is 8. The molecule has 2 aromatic carbocycles. The number of benzene rings is 2. The number of rotatable bonds is 19. The highest BCUT2D eigenvalue weighted by Crippen LogP contribution is 2.37. The van der Waals surface area contributed by atoms with Crippen molar-refractivity contribution < 1.29 is 33.2 Å². The third kappa shape index (κ3) is 10.7. The Hall–Kier alpha value is -3.46. The van der Waals surface area contributed by atoms with E-state index in [0.29, 0.717) is 59.2 Å². The molecule has 1 aliphatic carbocycles. The Morgan fingerprint density at radius 3 is 2.56 bits per heavy atom. The van der Waals surface area contributed by atoms with Crippen molar-refractivity contribution in [1.82, 2.24) is 0 Å². The van der Waals surface area contributed by atoms with Gasteiger partial charge in [0.2, 0.25) is 0 Å². The van der Waals surface area contributed by atoms with Crippen LogP contribution in [0, 0.1) is 6.92 Å². The van der Waals surface area contributed by atoms with Crippen LogP contribution in [0.4, 0.5) is 0 Å². The highest BCUT2D eigenvalue weighted by Gasteiger charge is 2.25. The van der Waals surface area contributed by atoms with E-state index in [1.54, 1.807) is 0 Å². The first-order valence-electron chi connectivity index (χ1n) is 13.5. The van der Waals surface area contributed by atoms with Crippen molar-refractivity contribution in [1.29, 1.82) is 0 Å². The fourth-order valence-corrected chi connectivity index (χ4v) is 4.36. The van der Waals surface area contributed by atoms with E-state index < -0.39 is 0 Å². The minimum absolute atomic E-state index is 0.161. The first-order chi connectivity index (χ1) is 19.1. The maximum atomic E-state index is 12.3. The number of carbonyl (C=O) groups excluding carboxylic acids is 1. The van der Waals surface area contributed by atoms with Crippen LogP contribution in [-0.4, -0.2) is 65.4 Å². The van der Waals surface area contributed by atoms with Gasteiger partial charge in [-0.2, -0.15) is 0 Å². The maximum Gasteiger partial charge on any atom is 0.306 e. The largest absolute Gasteiger partial charge is 0.493 e. The number of hydrogen-bond donors (Lipinski definition) is 0. The van der Waals surface area contributed by atoms with Gasteiger partial charge in [-0.3, -0.25) is 4.79 Å². The Bertz CT molecular complexity index is 1090. The van der Waals surface area contributed by atoms with E-state index in [9.17, 15) is 4.79 Å². The normalized spacial score (nSPS) is 13.8. The summed E-state index contributed by atoms with van der Waals surface area (Å²) in [6.07, 6.45) is 2.95. The van der Waals surface area contributed by atoms with E-state index in [4.69, 9.17) is 34.0 Å². The number of nitrogens with zero attached hydrogens (tertiary/aromatic N) is 3. The van der Waals surface area contributed by atoms with Gasteiger partial charge in [0, 0.05) is 17.9 Å². The average molecular weight is 542 g/mol. The monoisotopic (exact) mass is 541 g/mol. The number of fused-ring (bicyclic) bond motifs is 1. The Kier molecular flexibility index (Phi) is 13.3. The summed E-state index contributed by atoms with van der Waals surface area (Å²) >= 11 is 0. The Morgan fingerprint density at radius 2 is 1.74 bits per heavy atom. The Morgan fingerprint density at radius 1 is 0.949 bits per heavy atom. The van der Waals surface area contributed by atoms with Crippen molar-refractivity contribution in [3.8, 4) is 17.2 Å². The Balaban J connectivity index is 1.30. The minimum atomic E-state index is -0.219. The quantitative estimate of drug-likeness (QED) is 0.0751. The van der Waals surface area contributed by atoms with Gasteiger partial charge in [-0.1, -0.05) is 17.2 Å². The maximum absolute atomic E-state index is 12.3. The number of aryl methyl sites for hydroxylation is 2. The van der Waals surface area contributed by atoms with Crippen LogP contribution in [0.2, 0.25) is 0 Å². The van der Waals surface area contributed by atoms with E-state index >= 15 is 0 Å². The molecule has 0 spiro atoms. The fraction of sp³-hybridized carbons (Fsp3) is 0.552. The predicted molar refractivity (Wildman–Crippen MR) is 147 cm³/mol. The third-order valence-corrected chi connectivity index (χ3v) is 6.21. The first kappa shape index (κ1) is 30.1. The molecule has 212 valence electrons. The molecule has 39 heavy (non-hydrogen) atoms. The highest BCUT2D eigenvalue weighted by atomic mass is 16.6. The summed E-state index contributed by atoms with van der Waals surface area (Å²) in [5.74, 6) is 2.30. The lowest BCUT2D eigenvalue weighted by Gasteiger charge is -2.14. The van der Waals surface area contributed by atoms with Gasteiger partial charge in [-0.15, -0.1) is 0 Å². The lowest BCUT2D eigenvalue weighted by atomic mass is 9.98. The van der Waals surface area contributed by atoms with Crippen LogP contribution in [0.25, 0.3) is 10.4 Å². The summed E-state index contributed by atoms with van der Waals surface area (Å²) in [6.45, 7) is 7.65. The number of carbonyl (C=O) groups is 1. The molecule has 0 aromatic heterocycles. The molecule has 0 unspecified atom stereocenters. The lowest BCUT2D eigenvalue weighted by Crippen LogP contribution is -2.14. The molecule has 0 saturated carbocycles. The predicted octanol–water partition coefficient (Wildman–Crippen LogP) is 5.55. The van der Waals surface area contributed by atoms with Gasteiger partial charge in [0.05, 0.1) is 52.7 Å². The lowest BCUT2D eigenvalue weighted by molar-refractivity contribution is -0.145. The van der Waals surface area contributed by atoms with E-state index in [1.807, 2.05) is 38.1 Å². The zero-order valence-electron chi connectivity index (χ0n) is 22.9. The molecule has 0 bridgehead atoms. The molecule has 10 heteroatoms. The molecule has 1 atom stereocenters. The zero-order valence-corrected chi connectivity index (χ0v) is 22.9. The number of esters is 1. The summed E-state index contributed by atoms with van der Waals surface area (Å²) in [4.78, 5) is 15.0. The molecule has 0 saturated heterocycles. The van der Waals surface area contributed by atoms with Crippen LogP contribution < -0.4 is 14.2 Å². The highest BCUT2D eigenvalue weighted by molar-refractivity contribution is 5.71. The molecule has 0 heterocycles. The second-order valence-corrected chi connectivity index (χ2v) is 9.13. The molecule has 2 aromatic rings. The molecule has 1 aliphatic rings. The summed E-state index contributed by atoms with van der Waals surface area (Å²) in [7, 11) is 0. The van der Waals surface area contributed by atoms with Gasteiger partial charge in [-0.25, -0.2) is 0 Å². The van der Waals surface area contributed by atoms with E-state index in [2.05, 4.69) is 22.2 Å². The zero-order chi connectivity index (χ0) is 27.7. The average Bonchev–Trinajstić information content (AvgIpc) is 3.32. The number of azide groups is 1. The molecule has 0 fully saturated rings.